The monoisotopic (exact) mass is 201 g/mol. The number of nitrogens with one attached hydrogen (secondary N) is 3. The van der Waals surface area contributed by atoms with Gasteiger partial charge in [0, 0.05) is 26.1 Å². The molecule has 0 heterocycles. The molecule has 0 radical (unpaired) electrons. The van der Waals surface area contributed by atoms with Crippen molar-refractivity contribution in [3.05, 3.63) is 0 Å². The highest BCUT2D eigenvalue weighted by Gasteiger charge is 2.00. The summed E-state index contributed by atoms with van der Waals surface area (Å²) < 4.78 is 0. The molecule has 2 amide bonds. The molecule has 0 saturated carbocycles. The van der Waals surface area contributed by atoms with Crippen molar-refractivity contribution < 1.29 is 9.59 Å². The quantitative estimate of drug-likeness (QED) is 0.495. The zero-order valence-electron chi connectivity index (χ0n) is 9.02. The van der Waals surface area contributed by atoms with Crippen molar-refractivity contribution in [1.29, 1.82) is 0 Å². The van der Waals surface area contributed by atoms with Gasteiger partial charge in [-0.25, -0.2) is 0 Å². The molecule has 14 heavy (non-hydrogen) atoms. The van der Waals surface area contributed by atoms with Crippen molar-refractivity contribution in [2.45, 2.75) is 26.8 Å². The molecule has 0 rings (SSSR count). The van der Waals surface area contributed by atoms with E-state index in [9.17, 15) is 9.59 Å². The van der Waals surface area contributed by atoms with Crippen molar-refractivity contribution in [2.75, 3.05) is 19.6 Å². The second kappa shape index (κ2) is 7.32. The van der Waals surface area contributed by atoms with Crippen LogP contribution in [-0.4, -0.2) is 37.5 Å². The zero-order chi connectivity index (χ0) is 11.0. The Kier molecular flexibility index (Phi) is 6.74. The first-order valence-corrected chi connectivity index (χ1v) is 4.77. The number of carbonyl (C=O) groups excluding carboxylic acids is 2. The van der Waals surface area contributed by atoms with Crippen molar-refractivity contribution in [1.82, 2.24) is 16.0 Å². The molecule has 0 atom stereocenters. The summed E-state index contributed by atoms with van der Waals surface area (Å²) in [6, 6.07) is 0.302. The van der Waals surface area contributed by atoms with E-state index in [1.807, 2.05) is 13.8 Å². The van der Waals surface area contributed by atoms with Gasteiger partial charge in [0.05, 0.1) is 6.54 Å². The minimum atomic E-state index is -0.0837. The predicted molar refractivity (Wildman–Crippen MR) is 54.8 cm³/mol. The first-order chi connectivity index (χ1) is 6.52. The fraction of sp³-hybridized carbons (Fsp3) is 0.778. The third-order valence-corrected chi connectivity index (χ3v) is 1.49. The van der Waals surface area contributed by atoms with Crippen LogP contribution in [0.2, 0.25) is 0 Å². The third-order valence-electron chi connectivity index (χ3n) is 1.49. The van der Waals surface area contributed by atoms with Crippen molar-refractivity contribution in [3.8, 4) is 0 Å². The minimum absolute atomic E-state index is 0.0518. The van der Waals surface area contributed by atoms with Gasteiger partial charge in [-0.3, -0.25) is 9.59 Å². The molecule has 82 valence electrons. The second-order valence-corrected chi connectivity index (χ2v) is 3.37. The summed E-state index contributed by atoms with van der Waals surface area (Å²) >= 11 is 0. The van der Waals surface area contributed by atoms with E-state index in [0.29, 0.717) is 25.7 Å². The summed E-state index contributed by atoms with van der Waals surface area (Å²) in [5.74, 6) is -0.136. The van der Waals surface area contributed by atoms with Gasteiger partial charge in [0.25, 0.3) is 0 Å². The van der Waals surface area contributed by atoms with Crippen molar-refractivity contribution in [2.24, 2.45) is 0 Å². The van der Waals surface area contributed by atoms with Crippen LogP contribution in [0.3, 0.4) is 0 Å². The summed E-state index contributed by atoms with van der Waals surface area (Å²) in [4.78, 5) is 21.6. The van der Waals surface area contributed by atoms with E-state index in [0.717, 1.165) is 0 Å². The average Bonchev–Trinajstić information content (AvgIpc) is 2.08. The minimum Gasteiger partial charge on any atom is -0.355 e. The Labute approximate surface area is 84.6 Å². The average molecular weight is 201 g/mol. The van der Waals surface area contributed by atoms with Gasteiger partial charge in [0.15, 0.2) is 0 Å². The van der Waals surface area contributed by atoms with Crippen LogP contribution in [0.25, 0.3) is 0 Å². The van der Waals surface area contributed by atoms with Gasteiger partial charge < -0.3 is 16.0 Å². The molecule has 0 spiro atoms. The van der Waals surface area contributed by atoms with Gasteiger partial charge in [0.1, 0.15) is 0 Å². The van der Waals surface area contributed by atoms with Crippen LogP contribution in [0.4, 0.5) is 0 Å². The van der Waals surface area contributed by atoms with E-state index in [1.54, 1.807) is 0 Å². The van der Waals surface area contributed by atoms with Gasteiger partial charge >= 0.3 is 0 Å². The molecule has 0 aromatic heterocycles. The standard InChI is InChI=1S/C9H19N3O2/c1-7(2)12-6-9(14)11-5-4-10-8(3)13/h7,12H,4-6H2,1-3H3,(H,10,13)(H,11,14). The Hall–Kier alpha value is -1.10. The molecule has 0 aliphatic rings. The molecule has 0 aliphatic carbocycles. The molecular weight excluding hydrogens is 182 g/mol. The highest BCUT2D eigenvalue weighted by molar-refractivity contribution is 5.78. The fourth-order valence-electron chi connectivity index (χ4n) is 0.800. The Balaban J connectivity index is 3.31. The summed E-state index contributed by atoms with van der Waals surface area (Å²) in [7, 11) is 0. The summed E-state index contributed by atoms with van der Waals surface area (Å²) in [6.07, 6.45) is 0. The molecule has 0 saturated heterocycles. The number of carbonyl (C=O) groups is 2. The van der Waals surface area contributed by atoms with Crippen molar-refractivity contribution >= 4 is 11.8 Å². The predicted octanol–water partition coefficient (Wildman–Crippen LogP) is -0.763. The molecule has 0 aliphatic heterocycles. The largest absolute Gasteiger partial charge is 0.355 e. The van der Waals surface area contributed by atoms with Gasteiger partial charge in [-0.05, 0) is 0 Å². The maximum Gasteiger partial charge on any atom is 0.234 e. The molecule has 0 fully saturated rings. The highest BCUT2D eigenvalue weighted by atomic mass is 16.2. The summed E-state index contributed by atoms with van der Waals surface area (Å²) in [6.45, 7) is 6.66. The number of hydrogen-bond donors (Lipinski definition) is 3. The Morgan fingerprint density at radius 2 is 1.71 bits per heavy atom. The normalized spacial score (nSPS) is 10.0. The first-order valence-electron chi connectivity index (χ1n) is 4.77. The zero-order valence-corrected chi connectivity index (χ0v) is 9.02. The van der Waals surface area contributed by atoms with Crippen LogP contribution in [0.5, 0.6) is 0 Å². The van der Waals surface area contributed by atoms with Crippen molar-refractivity contribution in [3.63, 3.8) is 0 Å². The Morgan fingerprint density at radius 1 is 1.14 bits per heavy atom. The highest BCUT2D eigenvalue weighted by Crippen LogP contribution is 1.74. The van der Waals surface area contributed by atoms with E-state index in [1.165, 1.54) is 6.92 Å². The number of amides is 2. The van der Waals surface area contributed by atoms with Crippen LogP contribution in [-0.2, 0) is 9.59 Å². The summed E-state index contributed by atoms with van der Waals surface area (Å²) in [5, 5.41) is 8.26. The van der Waals surface area contributed by atoms with E-state index >= 15 is 0 Å². The van der Waals surface area contributed by atoms with Gasteiger partial charge in [-0.15, -0.1) is 0 Å². The topological polar surface area (TPSA) is 70.2 Å². The van der Waals surface area contributed by atoms with Crippen LogP contribution >= 0.6 is 0 Å². The first kappa shape index (κ1) is 12.9. The maximum absolute atomic E-state index is 11.1. The van der Waals surface area contributed by atoms with Crippen LogP contribution in [0, 0.1) is 0 Å². The lowest BCUT2D eigenvalue weighted by molar-refractivity contribution is -0.121. The Bertz CT molecular complexity index is 192. The molecule has 0 aromatic carbocycles. The van der Waals surface area contributed by atoms with Crippen LogP contribution < -0.4 is 16.0 Å². The van der Waals surface area contributed by atoms with Crippen LogP contribution in [0.1, 0.15) is 20.8 Å². The SMILES string of the molecule is CC(=O)NCCNC(=O)CNC(C)C. The van der Waals surface area contributed by atoms with E-state index < -0.39 is 0 Å². The van der Waals surface area contributed by atoms with Crippen LogP contribution in [0.15, 0.2) is 0 Å². The lowest BCUT2D eigenvalue weighted by Gasteiger charge is -2.08. The van der Waals surface area contributed by atoms with Gasteiger partial charge in [0.2, 0.25) is 11.8 Å². The smallest absolute Gasteiger partial charge is 0.234 e. The van der Waals surface area contributed by atoms with Gasteiger partial charge in [-0.2, -0.15) is 0 Å². The van der Waals surface area contributed by atoms with E-state index in [-0.39, 0.29) is 11.8 Å². The molecule has 0 unspecified atom stereocenters. The Morgan fingerprint density at radius 3 is 2.21 bits per heavy atom. The van der Waals surface area contributed by atoms with Gasteiger partial charge in [-0.1, -0.05) is 13.8 Å². The molecule has 5 heteroatoms. The molecular formula is C9H19N3O2. The molecule has 0 aromatic rings. The molecule has 3 N–H and O–H groups in total. The summed E-state index contributed by atoms with van der Waals surface area (Å²) in [5.41, 5.74) is 0. The lowest BCUT2D eigenvalue weighted by Crippen LogP contribution is -2.40. The van der Waals surface area contributed by atoms with E-state index in [2.05, 4.69) is 16.0 Å². The molecule has 0 bridgehead atoms. The maximum atomic E-state index is 11.1. The third kappa shape index (κ3) is 8.99. The number of rotatable bonds is 6. The molecule has 5 nitrogen and oxygen atoms in total. The number of hydrogen-bond acceptors (Lipinski definition) is 3. The fourth-order valence-corrected chi connectivity index (χ4v) is 0.800. The lowest BCUT2D eigenvalue weighted by atomic mass is 10.4. The van der Waals surface area contributed by atoms with E-state index in [4.69, 9.17) is 0 Å². The second-order valence-electron chi connectivity index (χ2n) is 3.37.